The average Bonchev–Trinajstić information content (AvgIpc) is 2.98. The quantitative estimate of drug-likeness (QED) is 0.153. The van der Waals surface area contributed by atoms with Crippen molar-refractivity contribution in [1.29, 1.82) is 0 Å². The third-order valence-electron chi connectivity index (χ3n) is 8.21. The summed E-state index contributed by atoms with van der Waals surface area (Å²) in [7, 11) is -4.44. The Kier molecular flexibility index (Phi) is 13.5. The zero-order valence-electron chi connectivity index (χ0n) is 27.3. The predicted molar refractivity (Wildman–Crippen MR) is 183 cm³/mol. The molecule has 0 radical (unpaired) electrons. The first-order chi connectivity index (χ1) is 20.7. The van der Waals surface area contributed by atoms with Crippen LogP contribution in [0, 0.1) is 6.92 Å². The molecule has 1 aliphatic carbocycles. The van der Waals surface area contributed by atoms with E-state index in [9.17, 15) is 13.0 Å². The van der Waals surface area contributed by atoms with Crippen molar-refractivity contribution in [2.24, 2.45) is 0 Å². The Morgan fingerprint density at radius 1 is 0.814 bits per heavy atom. The van der Waals surface area contributed by atoms with Gasteiger partial charge < -0.3 is 4.90 Å². The maximum absolute atomic E-state index is 12.6. The van der Waals surface area contributed by atoms with Gasteiger partial charge in [0.1, 0.15) is 18.0 Å². The molecule has 6 heteroatoms. The standard InChI is InChI=1S/C37H52N2O3S/c1-7-11-23-38(24-12-8-2)34-21-19-31(27-29(34)5)37(33-17-15-16-18-36(33)43(40,41)42)32-20-22-35(30(6)28-32)39(25-13-9-3)26-14-10-4/h15-22,27-28H,7-14,23-26H2,1-6H3/p+1. The van der Waals surface area contributed by atoms with Gasteiger partial charge in [-0.1, -0.05) is 77.6 Å². The van der Waals surface area contributed by atoms with Crippen LogP contribution in [0.2, 0.25) is 0 Å². The van der Waals surface area contributed by atoms with Gasteiger partial charge in [-0.25, -0.2) is 4.58 Å². The molecular weight excluding hydrogens is 552 g/mol. The Balaban J connectivity index is 2.23. The molecule has 0 saturated carbocycles. The molecule has 0 heterocycles. The molecule has 1 N–H and O–H groups in total. The summed E-state index contributed by atoms with van der Waals surface area (Å²) in [5.41, 5.74) is 7.94. The topological polar surface area (TPSA) is 60.6 Å². The van der Waals surface area contributed by atoms with Crippen LogP contribution < -0.4 is 4.90 Å². The summed E-state index contributed by atoms with van der Waals surface area (Å²) in [5, 5.41) is 0. The molecule has 1 aliphatic rings. The van der Waals surface area contributed by atoms with Crippen molar-refractivity contribution in [2.75, 3.05) is 31.1 Å². The fourth-order valence-corrected chi connectivity index (χ4v) is 6.51. The number of hydrogen-bond donors (Lipinski definition) is 1. The van der Waals surface area contributed by atoms with Crippen molar-refractivity contribution in [3.05, 3.63) is 88.5 Å². The fourth-order valence-electron chi connectivity index (χ4n) is 5.81. The third kappa shape index (κ3) is 9.26. The monoisotopic (exact) mass is 605 g/mol. The van der Waals surface area contributed by atoms with Crippen molar-refractivity contribution in [3.8, 4) is 0 Å². The van der Waals surface area contributed by atoms with Crippen LogP contribution in [0.4, 0.5) is 5.69 Å². The number of rotatable bonds is 16. The summed E-state index contributed by atoms with van der Waals surface area (Å²) in [6, 6.07) is 13.3. The molecule has 43 heavy (non-hydrogen) atoms. The molecule has 234 valence electrons. The second-order valence-corrected chi connectivity index (χ2v) is 13.1. The van der Waals surface area contributed by atoms with Crippen LogP contribution in [0.15, 0.2) is 76.7 Å². The molecular formula is C37H53N2O3S+. The second-order valence-electron chi connectivity index (χ2n) is 11.7. The lowest BCUT2D eigenvalue weighted by Gasteiger charge is -2.27. The van der Waals surface area contributed by atoms with E-state index < -0.39 is 10.1 Å². The minimum atomic E-state index is -4.44. The number of allylic oxidation sites excluding steroid dienone is 5. The van der Waals surface area contributed by atoms with E-state index in [1.54, 1.807) is 12.1 Å². The van der Waals surface area contributed by atoms with E-state index in [4.69, 9.17) is 0 Å². The lowest BCUT2D eigenvalue weighted by atomic mass is 9.88. The molecule has 2 aromatic carbocycles. The van der Waals surface area contributed by atoms with Gasteiger partial charge >= 0.3 is 0 Å². The molecule has 0 bridgehead atoms. The van der Waals surface area contributed by atoms with E-state index in [0.717, 1.165) is 105 Å². The lowest BCUT2D eigenvalue weighted by molar-refractivity contribution is -0.527. The predicted octanol–water partition coefficient (Wildman–Crippen LogP) is 9.02. The minimum Gasteiger partial charge on any atom is -0.371 e. The summed E-state index contributed by atoms with van der Waals surface area (Å²) in [6.07, 6.45) is 15.6. The van der Waals surface area contributed by atoms with E-state index in [1.807, 2.05) is 6.07 Å². The van der Waals surface area contributed by atoms with Gasteiger partial charge in [0, 0.05) is 48.8 Å². The van der Waals surface area contributed by atoms with E-state index >= 15 is 0 Å². The van der Waals surface area contributed by atoms with Gasteiger partial charge in [0.15, 0.2) is 0 Å². The third-order valence-corrected chi connectivity index (χ3v) is 9.12. The van der Waals surface area contributed by atoms with E-state index in [1.165, 1.54) is 17.5 Å². The van der Waals surface area contributed by atoms with Crippen molar-refractivity contribution in [2.45, 2.75) is 97.8 Å². The van der Waals surface area contributed by atoms with Crippen molar-refractivity contribution < 1.29 is 17.5 Å². The normalized spacial score (nSPS) is 14.6. The van der Waals surface area contributed by atoms with Crippen LogP contribution >= 0.6 is 0 Å². The van der Waals surface area contributed by atoms with Crippen LogP contribution in [0.5, 0.6) is 0 Å². The van der Waals surface area contributed by atoms with Gasteiger partial charge in [-0.3, -0.25) is 4.55 Å². The summed E-state index contributed by atoms with van der Waals surface area (Å²) in [4.78, 5) is 2.41. The van der Waals surface area contributed by atoms with Crippen LogP contribution in [0.3, 0.4) is 0 Å². The number of aryl methyl sites for hydroxylation is 1. The highest BCUT2D eigenvalue weighted by molar-refractivity contribution is 7.86. The lowest BCUT2D eigenvalue weighted by Crippen LogP contribution is -2.26. The number of nitrogens with zero attached hydrogens (tertiary/aromatic N) is 2. The van der Waals surface area contributed by atoms with Gasteiger partial charge in [0.25, 0.3) is 10.1 Å². The molecule has 0 amide bonds. The maximum atomic E-state index is 12.6. The first-order valence-electron chi connectivity index (χ1n) is 16.3. The molecule has 0 aliphatic heterocycles. The first-order valence-corrected chi connectivity index (χ1v) is 17.8. The largest absolute Gasteiger partial charge is 0.371 e. The van der Waals surface area contributed by atoms with Crippen LogP contribution in [-0.2, 0) is 10.1 Å². The number of hydrogen-bond acceptors (Lipinski definition) is 3. The highest BCUT2D eigenvalue weighted by Crippen LogP contribution is 2.36. The summed E-state index contributed by atoms with van der Waals surface area (Å²) >= 11 is 0. The van der Waals surface area contributed by atoms with Gasteiger partial charge in [0.2, 0.25) is 5.71 Å². The Bertz CT molecular complexity index is 1450. The van der Waals surface area contributed by atoms with E-state index in [2.05, 4.69) is 87.4 Å². The highest BCUT2D eigenvalue weighted by atomic mass is 32.2. The molecule has 0 saturated heterocycles. The molecule has 0 unspecified atom stereocenters. The molecule has 5 nitrogen and oxygen atoms in total. The molecule has 3 rings (SSSR count). The van der Waals surface area contributed by atoms with E-state index in [0.29, 0.717) is 5.56 Å². The summed E-state index contributed by atoms with van der Waals surface area (Å²) in [5.74, 6) is 0. The number of anilines is 1. The van der Waals surface area contributed by atoms with Crippen molar-refractivity contribution in [3.63, 3.8) is 0 Å². The molecule has 0 aromatic heterocycles. The van der Waals surface area contributed by atoms with Crippen molar-refractivity contribution in [1.82, 2.24) is 0 Å². The van der Waals surface area contributed by atoms with Gasteiger partial charge in [-0.15, -0.1) is 0 Å². The molecule has 2 aromatic rings. The SMILES string of the molecule is CCCCN(CCCC)c1ccc(C(=C2C=CC(=[N+](CCCC)CCCC)C(C)=C2)c2ccccc2S(=O)(=O)O)cc1C. The Morgan fingerprint density at radius 2 is 1.42 bits per heavy atom. The van der Waals surface area contributed by atoms with Crippen LogP contribution in [0.25, 0.3) is 5.57 Å². The maximum Gasteiger partial charge on any atom is 0.295 e. The second kappa shape index (κ2) is 16.8. The molecule has 0 spiro atoms. The van der Waals surface area contributed by atoms with Gasteiger partial charge in [-0.2, -0.15) is 8.42 Å². The Hall–Kier alpha value is -2.96. The van der Waals surface area contributed by atoms with Crippen LogP contribution in [-0.4, -0.2) is 49.4 Å². The smallest absolute Gasteiger partial charge is 0.295 e. The zero-order chi connectivity index (χ0) is 31.4. The van der Waals surface area contributed by atoms with Gasteiger partial charge in [0.05, 0.1) is 0 Å². The summed E-state index contributed by atoms with van der Waals surface area (Å²) in [6.45, 7) is 17.3. The number of benzene rings is 2. The van der Waals surface area contributed by atoms with Crippen molar-refractivity contribution >= 4 is 27.1 Å². The highest BCUT2D eigenvalue weighted by Gasteiger charge is 2.24. The van der Waals surface area contributed by atoms with Gasteiger partial charge in [-0.05, 0) is 79.3 Å². The fraction of sp³-hybridized carbons (Fsp3) is 0.486. The molecule has 0 atom stereocenters. The van der Waals surface area contributed by atoms with E-state index in [-0.39, 0.29) is 4.90 Å². The molecule has 0 fully saturated rings. The zero-order valence-corrected chi connectivity index (χ0v) is 28.1. The average molecular weight is 606 g/mol. The summed E-state index contributed by atoms with van der Waals surface area (Å²) < 4.78 is 37.9. The Morgan fingerprint density at radius 3 is 1.95 bits per heavy atom. The minimum absolute atomic E-state index is 0.0755. The first kappa shape index (κ1) is 34.5. The number of unbranched alkanes of at least 4 members (excludes halogenated alkanes) is 4. The van der Waals surface area contributed by atoms with Crippen LogP contribution in [0.1, 0.15) is 103 Å². The Labute approximate surface area is 261 Å².